The Morgan fingerprint density at radius 3 is 2.09 bits per heavy atom. The van der Waals surface area contributed by atoms with Crippen molar-refractivity contribution >= 4 is 6.08 Å². The van der Waals surface area contributed by atoms with Gasteiger partial charge < -0.3 is 20.1 Å². The van der Waals surface area contributed by atoms with Crippen LogP contribution in [0, 0.1) is 5.41 Å². The molecule has 0 amide bonds. The van der Waals surface area contributed by atoms with Crippen LogP contribution >= 0.6 is 0 Å². The van der Waals surface area contributed by atoms with Crippen LogP contribution in [0.2, 0.25) is 0 Å². The number of aliphatic hydroxyl groups is 3. The lowest BCUT2D eigenvalue weighted by molar-refractivity contribution is 0.106. The van der Waals surface area contributed by atoms with Crippen molar-refractivity contribution in [2.75, 3.05) is 6.61 Å². The fourth-order valence-corrected chi connectivity index (χ4v) is 4.05. The largest absolute Gasteiger partial charge is 0.493 e. The zero-order valence-electron chi connectivity index (χ0n) is 21.2. The second-order valence-electron chi connectivity index (χ2n) is 9.96. The van der Waals surface area contributed by atoms with Crippen molar-refractivity contribution in [3.8, 4) is 5.75 Å². The van der Waals surface area contributed by atoms with Crippen molar-refractivity contribution in [2.24, 2.45) is 5.41 Å². The third kappa shape index (κ3) is 6.69. The smallest absolute Gasteiger partial charge is 0.119 e. The van der Waals surface area contributed by atoms with Crippen molar-refractivity contribution in [1.29, 1.82) is 0 Å². The number of rotatable bonds is 11. The summed E-state index contributed by atoms with van der Waals surface area (Å²) in [6.07, 6.45) is 6.21. The molecule has 0 aliphatic heterocycles. The van der Waals surface area contributed by atoms with Crippen LogP contribution in [0.3, 0.4) is 0 Å². The summed E-state index contributed by atoms with van der Waals surface area (Å²) in [6, 6.07) is 12.1. The van der Waals surface area contributed by atoms with Gasteiger partial charge in [0.05, 0.1) is 25.9 Å². The van der Waals surface area contributed by atoms with Crippen LogP contribution < -0.4 is 4.74 Å². The minimum atomic E-state index is -0.498. The molecule has 2 rings (SSSR count). The van der Waals surface area contributed by atoms with Crippen LogP contribution in [-0.2, 0) is 25.0 Å². The van der Waals surface area contributed by atoms with Gasteiger partial charge in [-0.25, -0.2) is 0 Å². The standard InChI is InChI=1S/C29H42O4/c1-7-21-16-25(13-10-22(21)12-15-27(32)28(4,5)6)29(8-2,9-3)20-33-26-14-11-23(18-30)24(17-26)19-31/h10-17,27,30-32H,7-9,18-20H2,1-6H3/b15-12+. The molecule has 0 heterocycles. The predicted molar refractivity (Wildman–Crippen MR) is 136 cm³/mol. The van der Waals surface area contributed by atoms with E-state index in [-0.39, 0.29) is 24.0 Å². The van der Waals surface area contributed by atoms with E-state index in [4.69, 9.17) is 4.74 Å². The first-order valence-electron chi connectivity index (χ1n) is 12.1. The minimum Gasteiger partial charge on any atom is -0.493 e. The van der Waals surface area contributed by atoms with Gasteiger partial charge in [0.25, 0.3) is 0 Å². The van der Waals surface area contributed by atoms with E-state index in [1.54, 1.807) is 0 Å². The molecule has 33 heavy (non-hydrogen) atoms. The summed E-state index contributed by atoms with van der Waals surface area (Å²) < 4.78 is 6.23. The van der Waals surface area contributed by atoms with Crippen LogP contribution in [0.4, 0.5) is 0 Å². The number of aryl methyl sites for hydroxylation is 1. The van der Waals surface area contributed by atoms with E-state index in [2.05, 4.69) is 39.0 Å². The summed E-state index contributed by atoms with van der Waals surface area (Å²) in [6.45, 7) is 12.9. The lowest BCUT2D eigenvalue weighted by atomic mass is 9.75. The molecular weight excluding hydrogens is 412 g/mol. The number of ether oxygens (including phenoxy) is 1. The van der Waals surface area contributed by atoms with E-state index in [0.717, 1.165) is 30.4 Å². The van der Waals surface area contributed by atoms with Crippen LogP contribution in [0.15, 0.2) is 42.5 Å². The number of aliphatic hydroxyl groups excluding tert-OH is 3. The summed E-state index contributed by atoms with van der Waals surface area (Å²) in [4.78, 5) is 0. The molecule has 4 nitrogen and oxygen atoms in total. The quantitative estimate of drug-likeness (QED) is 0.402. The van der Waals surface area contributed by atoms with Crippen LogP contribution in [0.25, 0.3) is 6.08 Å². The molecular formula is C29H42O4. The Balaban J connectivity index is 2.31. The average molecular weight is 455 g/mol. The third-order valence-electron chi connectivity index (χ3n) is 6.87. The Hall–Kier alpha value is -2.14. The number of hydrogen-bond acceptors (Lipinski definition) is 4. The topological polar surface area (TPSA) is 69.9 Å². The highest BCUT2D eigenvalue weighted by atomic mass is 16.5. The van der Waals surface area contributed by atoms with Crippen molar-refractivity contribution in [3.63, 3.8) is 0 Å². The predicted octanol–water partition coefficient (Wildman–Crippen LogP) is 5.79. The van der Waals surface area contributed by atoms with Gasteiger partial charge in [0.2, 0.25) is 0 Å². The van der Waals surface area contributed by atoms with Gasteiger partial charge in [0.1, 0.15) is 5.75 Å². The molecule has 0 aliphatic rings. The molecule has 0 spiro atoms. The zero-order chi connectivity index (χ0) is 24.6. The molecule has 0 fully saturated rings. The Morgan fingerprint density at radius 2 is 1.55 bits per heavy atom. The van der Waals surface area contributed by atoms with E-state index in [1.165, 1.54) is 11.1 Å². The molecule has 3 N–H and O–H groups in total. The molecule has 2 aromatic rings. The van der Waals surface area contributed by atoms with Crippen LogP contribution in [0.1, 0.15) is 82.2 Å². The summed E-state index contributed by atoms with van der Waals surface area (Å²) in [5.74, 6) is 0.703. The van der Waals surface area contributed by atoms with Crippen LogP contribution in [-0.4, -0.2) is 28.0 Å². The Labute approximate surface area is 199 Å². The van der Waals surface area contributed by atoms with Gasteiger partial charge >= 0.3 is 0 Å². The molecule has 0 bridgehead atoms. The monoisotopic (exact) mass is 454 g/mol. The molecule has 1 unspecified atom stereocenters. The third-order valence-corrected chi connectivity index (χ3v) is 6.87. The van der Waals surface area contributed by atoms with Gasteiger partial charge in [-0.1, -0.05) is 78.0 Å². The molecule has 0 saturated heterocycles. The Bertz CT molecular complexity index is 920. The maximum absolute atomic E-state index is 10.4. The summed E-state index contributed by atoms with van der Waals surface area (Å²) >= 11 is 0. The van der Waals surface area contributed by atoms with Gasteiger partial charge in [-0.05, 0) is 64.6 Å². The van der Waals surface area contributed by atoms with Gasteiger partial charge in [-0.2, -0.15) is 0 Å². The zero-order valence-corrected chi connectivity index (χ0v) is 21.2. The molecule has 0 aromatic heterocycles. The molecule has 0 radical (unpaired) electrons. The second-order valence-corrected chi connectivity index (χ2v) is 9.96. The molecule has 2 aromatic carbocycles. The molecule has 4 heteroatoms. The first kappa shape index (κ1) is 27.1. The number of benzene rings is 2. The van der Waals surface area contributed by atoms with Crippen molar-refractivity contribution in [1.82, 2.24) is 0 Å². The van der Waals surface area contributed by atoms with Gasteiger partial charge in [0.15, 0.2) is 0 Å². The highest BCUT2D eigenvalue weighted by Gasteiger charge is 2.30. The molecule has 0 aliphatic carbocycles. The highest BCUT2D eigenvalue weighted by Crippen LogP contribution is 2.35. The molecule has 1 atom stereocenters. The normalized spacial score (nSPS) is 13.5. The Morgan fingerprint density at radius 1 is 0.879 bits per heavy atom. The maximum atomic E-state index is 10.4. The summed E-state index contributed by atoms with van der Waals surface area (Å²) in [7, 11) is 0. The number of hydrogen-bond donors (Lipinski definition) is 3. The first-order valence-corrected chi connectivity index (χ1v) is 12.1. The lowest BCUT2D eigenvalue weighted by Gasteiger charge is -2.33. The minimum absolute atomic E-state index is 0.0998. The average Bonchev–Trinajstić information content (AvgIpc) is 2.82. The van der Waals surface area contributed by atoms with E-state index in [0.29, 0.717) is 17.9 Å². The fourth-order valence-electron chi connectivity index (χ4n) is 4.05. The SMILES string of the molecule is CCc1cc(C(CC)(CC)COc2ccc(CO)c(CO)c2)ccc1/C=C/C(O)C(C)(C)C. The van der Waals surface area contributed by atoms with Crippen molar-refractivity contribution < 1.29 is 20.1 Å². The van der Waals surface area contributed by atoms with E-state index in [1.807, 2.05) is 51.1 Å². The lowest BCUT2D eigenvalue weighted by Crippen LogP contribution is -2.32. The van der Waals surface area contributed by atoms with Gasteiger partial charge in [0, 0.05) is 5.41 Å². The highest BCUT2D eigenvalue weighted by molar-refractivity contribution is 5.56. The molecule has 182 valence electrons. The maximum Gasteiger partial charge on any atom is 0.119 e. The van der Waals surface area contributed by atoms with Crippen molar-refractivity contribution in [3.05, 3.63) is 70.3 Å². The van der Waals surface area contributed by atoms with E-state index >= 15 is 0 Å². The summed E-state index contributed by atoms with van der Waals surface area (Å²) in [5, 5.41) is 29.4. The fraction of sp³-hybridized carbons (Fsp3) is 0.517. The van der Waals surface area contributed by atoms with E-state index < -0.39 is 6.10 Å². The first-order chi connectivity index (χ1) is 15.6. The second kappa shape index (κ2) is 11.8. The van der Waals surface area contributed by atoms with E-state index in [9.17, 15) is 15.3 Å². The Kier molecular flexibility index (Phi) is 9.71. The van der Waals surface area contributed by atoms with Gasteiger partial charge in [-0.3, -0.25) is 0 Å². The molecule has 0 saturated carbocycles. The summed E-state index contributed by atoms with van der Waals surface area (Å²) in [5.41, 5.74) is 4.74. The van der Waals surface area contributed by atoms with Gasteiger partial charge in [-0.15, -0.1) is 0 Å². The van der Waals surface area contributed by atoms with Crippen molar-refractivity contribution in [2.45, 2.75) is 85.5 Å². The van der Waals surface area contributed by atoms with Crippen LogP contribution in [0.5, 0.6) is 5.75 Å².